The first-order chi connectivity index (χ1) is 11.2. The SMILES string of the molecule is Cc1c(C(=O)NC(C)c2ccccc2)cccc1N(C)S(C)(=O)=O. The van der Waals surface area contributed by atoms with Crippen LogP contribution in [-0.2, 0) is 10.0 Å². The summed E-state index contributed by atoms with van der Waals surface area (Å²) in [6, 6.07) is 14.6. The molecule has 2 rings (SSSR count). The zero-order chi connectivity index (χ0) is 17.9. The molecule has 5 nitrogen and oxygen atoms in total. The van der Waals surface area contributed by atoms with Crippen LogP contribution in [0.1, 0.15) is 34.5 Å². The maximum atomic E-state index is 12.6. The molecule has 0 spiro atoms. The molecule has 0 radical (unpaired) electrons. The van der Waals surface area contributed by atoms with E-state index in [-0.39, 0.29) is 11.9 Å². The molecule has 1 atom stereocenters. The van der Waals surface area contributed by atoms with E-state index >= 15 is 0 Å². The van der Waals surface area contributed by atoms with Gasteiger partial charge in [0.15, 0.2) is 0 Å². The van der Waals surface area contributed by atoms with Gasteiger partial charge in [0.1, 0.15) is 0 Å². The lowest BCUT2D eigenvalue weighted by Crippen LogP contribution is -2.29. The number of sulfonamides is 1. The Balaban J connectivity index is 2.28. The zero-order valence-electron chi connectivity index (χ0n) is 14.3. The number of carbonyl (C=O) groups is 1. The van der Waals surface area contributed by atoms with E-state index in [0.29, 0.717) is 16.8 Å². The Bertz CT molecular complexity index is 833. The summed E-state index contributed by atoms with van der Waals surface area (Å²) in [5, 5.41) is 2.95. The average Bonchev–Trinajstić information content (AvgIpc) is 2.54. The van der Waals surface area contributed by atoms with Gasteiger partial charge in [-0.05, 0) is 37.1 Å². The van der Waals surface area contributed by atoms with Crippen LogP contribution in [0.2, 0.25) is 0 Å². The van der Waals surface area contributed by atoms with Gasteiger partial charge in [-0.1, -0.05) is 36.4 Å². The van der Waals surface area contributed by atoms with E-state index in [1.54, 1.807) is 25.1 Å². The van der Waals surface area contributed by atoms with Crippen molar-refractivity contribution in [1.82, 2.24) is 5.32 Å². The molecule has 0 saturated heterocycles. The van der Waals surface area contributed by atoms with Crippen LogP contribution in [0.15, 0.2) is 48.5 Å². The molecule has 0 heterocycles. The topological polar surface area (TPSA) is 66.5 Å². The number of amides is 1. The smallest absolute Gasteiger partial charge is 0.252 e. The second kappa shape index (κ2) is 7.05. The van der Waals surface area contributed by atoms with Gasteiger partial charge in [-0.3, -0.25) is 9.10 Å². The summed E-state index contributed by atoms with van der Waals surface area (Å²) in [4.78, 5) is 12.6. The molecule has 1 unspecified atom stereocenters. The maximum Gasteiger partial charge on any atom is 0.252 e. The fourth-order valence-electron chi connectivity index (χ4n) is 2.49. The van der Waals surface area contributed by atoms with Crippen molar-refractivity contribution in [2.45, 2.75) is 19.9 Å². The van der Waals surface area contributed by atoms with E-state index in [1.807, 2.05) is 37.3 Å². The first kappa shape index (κ1) is 18.0. The molecule has 1 amide bonds. The highest BCUT2D eigenvalue weighted by atomic mass is 32.2. The van der Waals surface area contributed by atoms with E-state index in [9.17, 15) is 13.2 Å². The Labute approximate surface area is 143 Å². The third-order valence-electron chi connectivity index (χ3n) is 4.03. The van der Waals surface area contributed by atoms with Crippen LogP contribution in [0.4, 0.5) is 5.69 Å². The van der Waals surface area contributed by atoms with E-state index in [4.69, 9.17) is 0 Å². The summed E-state index contributed by atoms with van der Waals surface area (Å²) < 4.78 is 24.7. The van der Waals surface area contributed by atoms with Gasteiger partial charge >= 0.3 is 0 Å². The summed E-state index contributed by atoms with van der Waals surface area (Å²) in [6.45, 7) is 3.66. The molecule has 128 valence electrons. The molecule has 0 saturated carbocycles. The van der Waals surface area contributed by atoms with Crippen molar-refractivity contribution in [3.63, 3.8) is 0 Å². The number of anilines is 1. The van der Waals surface area contributed by atoms with Crippen LogP contribution in [0.3, 0.4) is 0 Å². The van der Waals surface area contributed by atoms with Gasteiger partial charge in [0.2, 0.25) is 10.0 Å². The van der Waals surface area contributed by atoms with Crippen LogP contribution in [0.25, 0.3) is 0 Å². The Morgan fingerprint density at radius 1 is 1.08 bits per heavy atom. The highest BCUT2D eigenvalue weighted by Gasteiger charge is 2.19. The number of nitrogens with one attached hydrogen (secondary N) is 1. The van der Waals surface area contributed by atoms with Crippen LogP contribution in [0.5, 0.6) is 0 Å². The molecule has 0 aliphatic rings. The van der Waals surface area contributed by atoms with Gasteiger partial charge in [-0.2, -0.15) is 0 Å². The monoisotopic (exact) mass is 346 g/mol. The lowest BCUT2D eigenvalue weighted by Gasteiger charge is -2.21. The molecule has 1 N–H and O–H groups in total. The average molecular weight is 346 g/mol. The number of carbonyl (C=O) groups excluding carboxylic acids is 1. The lowest BCUT2D eigenvalue weighted by molar-refractivity contribution is 0.0939. The highest BCUT2D eigenvalue weighted by molar-refractivity contribution is 7.92. The maximum absolute atomic E-state index is 12.6. The zero-order valence-corrected chi connectivity index (χ0v) is 15.1. The van der Waals surface area contributed by atoms with Crippen molar-refractivity contribution in [2.24, 2.45) is 0 Å². The van der Waals surface area contributed by atoms with E-state index in [0.717, 1.165) is 11.8 Å². The molecule has 0 fully saturated rings. The number of hydrogen-bond acceptors (Lipinski definition) is 3. The lowest BCUT2D eigenvalue weighted by atomic mass is 10.0. The van der Waals surface area contributed by atoms with E-state index in [1.165, 1.54) is 11.4 Å². The summed E-state index contributed by atoms with van der Waals surface area (Å²) in [5.41, 5.74) is 2.60. The molecule has 6 heteroatoms. The van der Waals surface area contributed by atoms with E-state index in [2.05, 4.69) is 5.32 Å². The van der Waals surface area contributed by atoms with Gasteiger partial charge in [-0.15, -0.1) is 0 Å². The Kier molecular flexibility index (Phi) is 5.29. The Morgan fingerprint density at radius 3 is 2.29 bits per heavy atom. The van der Waals surface area contributed by atoms with Crippen LogP contribution >= 0.6 is 0 Å². The van der Waals surface area contributed by atoms with Crippen molar-refractivity contribution < 1.29 is 13.2 Å². The normalized spacial score (nSPS) is 12.5. The quantitative estimate of drug-likeness (QED) is 0.905. The van der Waals surface area contributed by atoms with Crippen molar-refractivity contribution in [1.29, 1.82) is 0 Å². The molecule has 0 aliphatic heterocycles. The van der Waals surface area contributed by atoms with Gasteiger partial charge < -0.3 is 5.32 Å². The predicted octanol–water partition coefficient (Wildman–Crippen LogP) is 2.88. The molecular formula is C18H22N2O3S. The Hall–Kier alpha value is -2.34. The van der Waals surface area contributed by atoms with Crippen LogP contribution < -0.4 is 9.62 Å². The number of rotatable bonds is 5. The molecule has 0 aliphatic carbocycles. The van der Waals surface area contributed by atoms with Crippen molar-refractivity contribution in [3.8, 4) is 0 Å². The Morgan fingerprint density at radius 2 is 1.71 bits per heavy atom. The fraction of sp³-hybridized carbons (Fsp3) is 0.278. The molecule has 2 aromatic carbocycles. The van der Waals surface area contributed by atoms with Crippen molar-refractivity contribution >= 4 is 21.6 Å². The first-order valence-corrected chi connectivity index (χ1v) is 9.46. The van der Waals surface area contributed by atoms with Gasteiger partial charge in [-0.25, -0.2) is 8.42 Å². The second-order valence-corrected chi connectivity index (χ2v) is 7.80. The number of benzene rings is 2. The van der Waals surface area contributed by atoms with E-state index < -0.39 is 10.0 Å². The largest absolute Gasteiger partial charge is 0.346 e. The molecule has 0 bridgehead atoms. The summed E-state index contributed by atoms with van der Waals surface area (Å²) >= 11 is 0. The minimum Gasteiger partial charge on any atom is -0.346 e. The number of nitrogens with zero attached hydrogens (tertiary/aromatic N) is 1. The standard InChI is InChI=1S/C18H22N2O3S/c1-13-16(11-8-12-17(13)20(3)24(4,22)23)18(21)19-14(2)15-9-6-5-7-10-15/h5-12,14H,1-4H3,(H,19,21). The van der Waals surface area contributed by atoms with Crippen LogP contribution in [-0.4, -0.2) is 27.6 Å². The summed E-state index contributed by atoms with van der Waals surface area (Å²) in [6.07, 6.45) is 1.14. The molecule has 2 aromatic rings. The molecule has 24 heavy (non-hydrogen) atoms. The molecule has 0 aromatic heterocycles. The van der Waals surface area contributed by atoms with Gasteiger partial charge in [0.25, 0.3) is 5.91 Å². The summed E-state index contributed by atoms with van der Waals surface area (Å²) in [7, 11) is -1.91. The fourth-order valence-corrected chi connectivity index (χ4v) is 3.04. The van der Waals surface area contributed by atoms with Crippen molar-refractivity contribution in [3.05, 3.63) is 65.2 Å². The van der Waals surface area contributed by atoms with Gasteiger partial charge in [0, 0.05) is 12.6 Å². The van der Waals surface area contributed by atoms with Crippen LogP contribution in [0, 0.1) is 6.92 Å². The highest BCUT2D eigenvalue weighted by Crippen LogP contribution is 2.24. The number of hydrogen-bond donors (Lipinski definition) is 1. The van der Waals surface area contributed by atoms with Gasteiger partial charge in [0.05, 0.1) is 18.0 Å². The third-order valence-corrected chi connectivity index (χ3v) is 5.23. The predicted molar refractivity (Wildman–Crippen MR) is 96.7 cm³/mol. The minimum atomic E-state index is -3.39. The second-order valence-electron chi connectivity index (χ2n) is 5.79. The summed E-state index contributed by atoms with van der Waals surface area (Å²) in [5.74, 6) is -0.229. The minimum absolute atomic E-state index is 0.144. The third kappa shape index (κ3) is 3.94. The first-order valence-electron chi connectivity index (χ1n) is 7.61. The molecular weight excluding hydrogens is 324 g/mol. The van der Waals surface area contributed by atoms with Crippen molar-refractivity contribution in [2.75, 3.05) is 17.6 Å².